The molecule has 0 atom stereocenters. The van der Waals surface area contributed by atoms with Crippen LogP contribution in [0.4, 0.5) is 5.82 Å². The number of benzene rings is 1. The normalized spacial score (nSPS) is 10.9. The van der Waals surface area contributed by atoms with E-state index in [4.69, 9.17) is 0 Å². The lowest BCUT2D eigenvalue weighted by Gasteiger charge is -2.08. The summed E-state index contributed by atoms with van der Waals surface area (Å²) in [7, 11) is 0. The van der Waals surface area contributed by atoms with Gasteiger partial charge in [0.2, 0.25) is 5.91 Å². The SMILES string of the molecule is O=C(CCc1c[nH]c2ccccc12)Nc1ccnn1Cc1ccccn1. The lowest BCUT2D eigenvalue weighted by molar-refractivity contribution is -0.116. The van der Waals surface area contributed by atoms with Gasteiger partial charge in [0, 0.05) is 35.8 Å². The molecule has 1 aromatic carbocycles. The Balaban J connectivity index is 1.39. The van der Waals surface area contributed by atoms with Gasteiger partial charge in [-0.3, -0.25) is 9.78 Å². The van der Waals surface area contributed by atoms with Crippen molar-refractivity contribution in [3.63, 3.8) is 0 Å². The molecule has 130 valence electrons. The first-order valence-corrected chi connectivity index (χ1v) is 8.56. The summed E-state index contributed by atoms with van der Waals surface area (Å²) in [6, 6.07) is 15.7. The van der Waals surface area contributed by atoms with Gasteiger partial charge in [0.15, 0.2) is 0 Å². The molecule has 2 N–H and O–H groups in total. The fraction of sp³-hybridized carbons (Fsp3) is 0.150. The van der Waals surface area contributed by atoms with Gasteiger partial charge in [-0.15, -0.1) is 0 Å². The maximum Gasteiger partial charge on any atom is 0.225 e. The van der Waals surface area contributed by atoms with E-state index in [0.29, 0.717) is 25.2 Å². The fourth-order valence-electron chi connectivity index (χ4n) is 3.00. The molecule has 0 aliphatic carbocycles. The number of pyridine rings is 1. The number of aromatic nitrogens is 4. The minimum absolute atomic E-state index is 0.0296. The quantitative estimate of drug-likeness (QED) is 0.562. The molecule has 0 aliphatic heterocycles. The molecule has 3 heterocycles. The second-order valence-electron chi connectivity index (χ2n) is 6.10. The standard InChI is InChI=1S/C20H19N5O/c26-20(9-8-15-13-22-18-7-2-1-6-17(15)18)24-19-10-12-23-25(19)14-16-5-3-4-11-21-16/h1-7,10-13,22H,8-9,14H2,(H,24,26). The number of amides is 1. The third-order valence-electron chi connectivity index (χ3n) is 4.32. The van der Waals surface area contributed by atoms with Crippen LogP contribution in [-0.2, 0) is 17.8 Å². The summed E-state index contributed by atoms with van der Waals surface area (Å²) in [6.07, 6.45) is 6.50. The maximum absolute atomic E-state index is 12.4. The molecule has 0 fully saturated rings. The summed E-state index contributed by atoms with van der Waals surface area (Å²) in [5.74, 6) is 0.651. The van der Waals surface area contributed by atoms with Crippen LogP contribution < -0.4 is 5.32 Å². The third kappa shape index (κ3) is 3.49. The Morgan fingerprint density at radius 2 is 1.96 bits per heavy atom. The molecule has 1 amide bonds. The Morgan fingerprint density at radius 3 is 2.85 bits per heavy atom. The summed E-state index contributed by atoms with van der Waals surface area (Å²) in [6.45, 7) is 0.520. The number of nitrogens with zero attached hydrogens (tertiary/aromatic N) is 3. The van der Waals surface area contributed by atoms with Crippen molar-refractivity contribution in [2.24, 2.45) is 0 Å². The number of fused-ring (bicyclic) bond motifs is 1. The second-order valence-corrected chi connectivity index (χ2v) is 6.10. The smallest absolute Gasteiger partial charge is 0.225 e. The lowest BCUT2D eigenvalue weighted by Crippen LogP contribution is -2.16. The number of anilines is 1. The molecule has 26 heavy (non-hydrogen) atoms. The molecule has 0 radical (unpaired) electrons. The summed E-state index contributed by atoms with van der Waals surface area (Å²) in [5, 5.41) is 8.38. The molecule has 0 bridgehead atoms. The first kappa shape index (κ1) is 16.1. The summed E-state index contributed by atoms with van der Waals surface area (Å²) < 4.78 is 1.74. The van der Waals surface area contributed by atoms with Crippen molar-refractivity contribution in [1.29, 1.82) is 0 Å². The molecule has 0 spiro atoms. The van der Waals surface area contributed by atoms with Gasteiger partial charge in [-0.25, -0.2) is 4.68 Å². The van der Waals surface area contributed by atoms with Crippen molar-refractivity contribution in [3.05, 3.63) is 78.4 Å². The van der Waals surface area contributed by atoms with Crippen LogP contribution >= 0.6 is 0 Å². The average Bonchev–Trinajstić information content (AvgIpc) is 3.28. The van der Waals surface area contributed by atoms with Crippen molar-refractivity contribution in [2.75, 3.05) is 5.32 Å². The van der Waals surface area contributed by atoms with Gasteiger partial charge in [-0.1, -0.05) is 24.3 Å². The molecular formula is C20H19N5O. The Bertz CT molecular complexity index is 1020. The van der Waals surface area contributed by atoms with E-state index in [0.717, 1.165) is 16.8 Å². The summed E-state index contributed by atoms with van der Waals surface area (Å²) in [5.41, 5.74) is 3.14. The topological polar surface area (TPSA) is 75.6 Å². The Hall–Kier alpha value is -3.41. The van der Waals surface area contributed by atoms with Crippen molar-refractivity contribution in [2.45, 2.75) is 19.4 Å². The van der Waals surface area contributed by atoms with Crippen LogP contribution in [0.5, 0.6) is 0 Å². The van der Waals surface area contributed by atoms with Crippen molar-refractivity contribution in [3.8, 4) is 0 Å². The number of hydrogen-bond acceptors (Lipinski definition) is 3. The van der Waals surface area contributed by atoms with Crippen LogP contribution in [0.3, 0.4) is 0 Å². The Labute approximate surface area is 150 Å². The molecule has 6 heteroatoms. The summed E-state index contributed by atoms with van der Waals surface area (Å²) >= 11 is 0. The van der Waals surface area contributed by atoms with Crippen LogP contribution in [-0.4, -0.2) is 25.7 Å². The predicted octanol–water partition coefficient (Wildman–Crippen LogP) is 3.38. The molecule has 3 aromatic heterocycles. The molecule has 0 unspecified atom stereocenters. The van der Waals surface area contributed by atoms with Gasteiger partial charge < -0.3 is 10.3 Å². The number of hydrogen-bond donors (Lipinski definition) is 2. The number of carbonyl (C=O) groups excluding carboxylic acids is 1. The summed E-state index contributed by atoms with van der Waals surface area (Å²) in [4.78, 5) is 19.9. The zero-order valence-electron chi connectivity index (χ0n) is 14.2. The first-order chi connectivity index (χ1) is 12.8. The maximum atomic E-state index is 12.4. The van der Waals surface area contributed by atoms with E-state index in [-0.39, 0.29) is 5.91 Å². The Kier molecular flexibility index (Phi) is 4.47. The van der Waals surface area contributed by atoms with Crippen molar-refractivity contribution in [1.82, 2.24) is 19.7 Å². The van der Waals surface area contributed by atoms with E-state index < -0.39 is 0 Å². The highest BCUT2D eigenvalue weighted by Crippen LogP contribution is 2.19. The Morgan fingerprint density at radius 1 is 1.08 bits per heavy atom. The number of H-pyrrole nitrogens is 1. The minimum Gasteiger partial charge on any atom is -0.361 e. The highest BCUT2D eigenvalue weighted by molar-refractivity contribution is 5.90. The zero-order valence-corrected chi connectivity index (χ0v) is 14.2. The van der Waals surface area contributed by atoms with Gasteiger partial charge in [0.25, 0.3) is 0 Å². The molecule has 4 aromatic rings. The van der Waals surface area contributed by atoms with Crippen LogP contribution in [0.15, 0.2) is 67.1 Å². The van der Waals surface area contributed by atoms with E-state index in [1.807, 2.05) is 42.6 Å². The van der Waals surface area contributed by atoms with E-state index in [2.05, 4.69) is 26.4 Å². The van der Waals surface area contributed by atoms with Crippen LogP contribution in [0.2, 0.25) is 0 Å². The minimum atomic E-state index is -0.0296. The second kappa shape index (κ2) is 7.23. The molecule has 0 saturated carbocycles. The van der Waals surface area contributed by atoms with Gasteiger partial charge in [0.05, 0.1) is 18.4 Å². The highest BCUT2D eigenvalue weighted by Gasteiger charge is 2.10. The van der Waals surface area contributed by atoms with Crippen molar-refractivity contribution >= 4 is 22.6 Å². The van der Waals surface area contributed by atoms with Gasteiger partial charge in [0.1, 0.15) is 5.82 Å². The molecule has 0 aliphatic rings. The van der Waals surface area contributed by atoms with Crippen molar-refractivity contribution < 1.29 is 4.79 Å². The lowest BCUT2D eigenvalue weighted by atomic mass is 10.1. The third-order valence-corrected chi connectivity index (χ3v) is 4.32. The molecule has 4 rings (SSSR count). The van der Waals surface area contributed by atoms with E-state index in [1.54, 1.807) is 23.1 Å². The first-order valence-electron chi connectivity index (χ1n) is 8.56. The largest absolute Gasteiger partial charge is 0.361 e. The van der Waals surface area contributed by atoms with E-state index >= 15 is 0 Å². The number of carbonyl (C=O) groups is 1. The van der Waals surface area contributed by atoms with Gasteiger partial charge in [-0.2, -0.15) is 5.10 Å². The molecule has 6 nitrogen and oxygen atoms in total. The van der Waals surface area contributed by atoms with Crippen LogP contribution in [0, 0.1) is 0 Å². The predicted molar refractivity (Wildman–Crippen MR) is 101 cm³/mol. The van der Waals surface area contributed by atoms with E-state index in [1.165, 1.54) is 5.39 Å². The monoisotopic (exact) mass is 345 g/mol. The number of aromatic amines is 1. The molecule has 0 saturated heterocycles. The number of aryl methyl sites for hydroxylation is 1. The van der Waals surface area contributed by atoms with Crippen LogP contribution in [0.25, 0.3) is 10.9 Å². The number of rotatable bonds is 6. The molecular weight excluding hydrogens is 326 g/mol. The average molecular weight is 345 g/mol. The van der Waals surface area contributed by atoms with E-state index in [9.17, 15) is 4.79 Å². The number of para-hydroxylation sites is 1. The number of nitrogens with one attached hydrogen (secondary N) is 2. The van der Waals surface area contributed by atoms with Gasteiger partial charge >= 0.3 is 0 Å². The van der Waals surface area contributed by atoms with Crippen LogP contribution in [0.1, 0.15) is 17.7 Å². The fourth-order valence-corrected chi connectivity index (χ4v) is 3.00. The zero-order chi connectivity index (χ0) is 17.8. The van der Waals surface area contributed by atoms with Gasteiger partial charge in [-0.05, 0) is 30.2 Å². The highest BCUT2D eigenvalue weighted by atomic mass is 16.1.